The van der Waals surface area contributed by atoms with Gasteiger partial charge in [-0.25, -0.2) is 4.39 Å². The van der Waals surface area contributed by atoms with Crippen molar-refractivity contribution in [2.75, 3.05) is 13.6 Å². The Bertz CT molecular complexity index is 513. The number of amidine groups is 2. The molecule has 0 radical (unpaired) electrons. The van der Waals surface area contributed by atoms with Gasteiger partial charge in [0.15, 0.2) is 11.7 Å². The smallest absolute Gasteiger partial charge is 0.165 e. The molecule has 1 atom stereocenters. The highest BCUT2D eigenvalue weighted by atomic mass is 19.1. The van der Waals surface area contributed by atoms with Crippen molar-refractivity contribution in [1.29, 1.82) is 0 Å². The predicted octanol–water partition coefficient (Wildman–Crippen LogP) is 3.51. The van der Waals surface area contributed by atoms with E-state index in [1.54, 1.807) is 20.2 Å². The van der Waals surface area contributed by atoms with Gasteiger partial charge in [0.05, 0.1) is 0 Å². The molecule has 0 aromatic heterocycles. The van der Waals surface area contributed by atoms with Crippen LogP contribution in [-0.2, 0) is 0 Å². The molecule has 0 spiro atoms. The van der Waals surface area contributed by atoms with Crippen LogP contribution in [0.5, 0.6) is 0 Å². The molecule has 122 valence electrons. The third-order valence-corrected chi connectivity index (χ3v) is 2.84. The highest BCUT2D eigenvalue weighted by Crippen LogP contribution is 2.14. The Kier molecular flexibility index (Phi) is 9.50. The maximum absolute atomic E-state index is 13.7. The Morgan fingerprint density at radius 2 is 2.09 bits per heavy atom. The van der Waals surface area contributed by atoms with E-state index in [0.717, 1.165) is 17.8 Å². The lowest BCUT2D eigenvalue weighted by molar-refractivity contribution is 0.668. The van der Waals surface area contributed by atoms with Gasteiger partial charge in [0, 0.05) is 19.5 Å². The zero-order chi connectivity index (χ0) is 17.1. The number of nitrogens with zero attached hydrogens (tertiary/aromatic N) is 2. The molecule has 4 nitrogen and oxygen atoms in total. The zero-order valence-electron chi connectivity index (χ0n) is 14.0. The molecular weight excluding hydrogens is 279 g/mol. The van der Waals surface area contributed by atoms with Gasteiger partial charge in [-0.05, 0) is 31.2 Å². The summed E-state index contributed by atoms with van der Waals surface area (Å²) in [6.45, 7) is 13.4. The molecule has 22 heavy (non-hydrogen) atoms. The summed E-state index contributed by atoms with van der Waals surface area (Å²) in [5.74, 6) is 0.102. The maximum atomic E-state index is 13.7. The van der Waals surface area contributed by atoms with Crippen molar-refractivity contribution in [1.82, 2.24) is 5.32 Å². The van der Waals surface area contributed by atoms with Gasteiger partial charge in [-0.3, -0.25) is 9.98 Å². The largest absolute Gasteiger partial charge is 0.382 e. The van der Waals surface area contributed by atoms with E-state index >= 15 is 0 Å². The quantitative estimate of drug-likeness (QED) is 0.409. The lowest BCUT2D eigenvalue weighted by Crippen LogP contribution is -2.25. The molecule has 0 rings (SSSR count). The summed E-state index contributed by atoms with van der Waals surface area (Å²) >= 11 is 0. The van der Waals surface area contributed by atoms with E-state index < -0.39 is 5.83 Å². The van der Waals surface area contributed by atoms with E-state index in [4.69, 9.17) is 5.73 Å². The minimum absolute atomic E-state index is 0.0438. The van der Waals surface area contributed by atoms with Gasteiger partial charge in [-0.2, -0.15) is 0 Å². The van der Waals surface area contributed by atoms with E-state index in [2.05, 4.69) is 34.5 Å². The van der Waals surface area contributed by atoms with Crippen LogP contribution in [0.1, 0.15) is 27.2 Å². The van der Waals surface area contributed by atoms with Gasteiger partial charge in [0.25, 0.3) is 0 Å². The van der Waals surface area contributed by atoms with Crippen LogP contribution < -0.4 is 11.1 Å². The normalized spacial score (nSPS) is 15.5. The van der Waals surface area contributed by atoms with Gasteiger partial charge in [-0.15, -0.1) is 0 Å². The minimum atomic E-state index is -0.561. The summed E-state index contributed by atoms with van der Waals surface area (Å²) in [5.41, 5.74) is 7.23. The molecule has 1 unspecified atom stereocenters. The average molecular weight is 306 g/mol. The molecule has 0 aliphatic rings. The first-order valence-electron chi connectivity index (χ1n) is 7.24. The summed E-state index contributed by atoms with van der Waals surface area (Å²) in [6, 6.07) is 0. The van der Waals surface area contributed by atoms with Crippen LogP contribution in [0.4, 0.5) is 4.39 Å². The van der Waals surface area contributed by atoms with Crippen LogP contribution >= 0.6 is 0 Å². The van der Waals surface area contributed by atoms with Gasteiger partial charge in [0.2, 0.25) is 0 Å². The van der Waals surface area contributed by atoms with Crippen LogP contribution in [0.3, 0.4) is 0 Å². The fourth-order valence-electron chi connectivity index (χ4n) is 1.82. The van der Waals surface area contributed by atoms with Gasteiger partial charge >= 0.3 is 0 Å². The molecule has 3 N–H and O–H groups in total. The highest BCUT2D eigenvalue weighted by molar-refractivity contribution is 5.99. The van der Waals surface area contributed by atoms with E-state index in [0.29, 0.717) is 12.1 Å². The molecule has 0 aromatic rings. The second kappa shape index (κ2) is 10.5. The number of allylic oxidation sites excluding steroid dienone is 3. The summed E-state index contributed by atoms with van der Waals surface area (Å²) in [7, 11) is 1.70. The number of hydrogen-bond acceptors (Lipinski definition) is 2. The fraction of sp³-hybridized carbons (Fsp3) is 0.412. The number of hydrogen-bond donors (Lipinski definition) is 2. The molecule has 0 fully saturated rings. The molecule has 0 bridgehead atoms. The van der Waals surface area contributed by atoms with Crippen LogP contribution in [0.25, 0.3) is 0 Å². The molecule has 0 aromatic carbocycles. The number of nitrogens with one attached hydrogen (secondary N) is 1. The first-order valence-corrected chi connectivity index (χ1v) is 7.24. The Hall–Kier alpha value is -2.17. The molecule has 0 aliphatic carbocycles. The Labute approximate surface area is 133 Å². The maximum Gasteiger partial charge on any atom is 0.165 e. The predicted molar refractivity (Wildman–Crippen MR) is 94.7 cm³/mol. The first kappa shape index (κ1) is 19.8. The molecule has 0 saturated heterocycles. The SMILES string of the molecule is C=CNC(=NC)/C(=C\CC)C(C)CN=C(N)/C(F)=C\C(=C)C. The lowest BCUT2D eigenvalue weighted by atomic mass is 9.98. The summed E-state index contributed by atoms with van der Waals surface area (Å²) < 4.78 is 13.7. The van der Waals surface area contributed by atoms with Gasteiger partial charge < -0.3 is 11.1 Å². The number of rotatable bonds is 8. The van der Waals surface area contributed by atoms with Crippen LogP contribution in [0.2, 0.25) is 0 Å². The Morgan fingerprint density at radius 1 is 1.45 bits per heavy atom. The Balaban J connectivity index is 5.14. The molecule has 0 amide bonds. The third kappa shape index (κ3) is 7.02. The second-order valence-corrected chi connectivity index (χ2v) is 4.95. The molecule has 5 heteroatoms. The van der Waals surface area contributed by atoms with Crippen molar-refractivity contribution >= 4 is 11.7 Å². The number of nitrogens with two attached hydrogens (primary N) is 1. The highest BCUT2D eigenvalue weighted by Gasteiger charge is 2.14. The van der Waals surface area contributed by atoms with Crippen LogP contribution in [0.15, 0.2) is 58.5 Å². The summed E-state index contributed by atoms with van der Waals surface area (Å²) in [6.07, 6.45) is 5.77. The number of aliphatic imine (C=N–C) groups is 2. The Morgan fingerprint density at radius 3 is 2.55 bits per heavy atom. The fourth-order valence-corrected chi connectivity index (χ4v) is 1.82. The van der Waals surface area contributed by atoms with Crippen molar-refractivity contribution in [3.05, 3.63) is 48.5 Å². The summed E-state index contributed by atoms with van der Waals surface area (Å²) in [5, 5.41) is 3.00. The van der Waals surface area contributed by atoms with Crippen molar-refractivity contribution in [2.24, 2.45) is 21.6 Å². The lowest BCUT2D eigenvalue weighted by Gasteiger charge is -2.16. The van der Waals surface area contributed by atoms with Gasteiger partial charge in [-0.1, -0.05) is 38.7 Å². The van der Waals surface area contributed by atoms with Crippen LogP contribution in [0, 0.1) is 5.92 Å². The average Bonchev–Trinajstić information content (AvgIpc) is 2.47. The standard InChI is InChI=1S/C17H27FN4/c1-7-9-14(17(20-6)21-8-2)13(5)11-22-16(19)15(18)10-12(3)4/h8-10,13H,2-3,7,11H2,1,4-6H3,(H2,19,22)(H,20,21)/b14-9-,15-10+. The molecular formula is C17H27FN4. The first-order chi connectivity index (χ1) is 10.4. The summed E-state index contributed by atoms with van der Waals surface area (Å²) in [4.78, 5) is 8.33. The third-order valence-electron chi connectivity index (χ3n) is 2.84. The monoisotopic (exact) mass is 306 g/mol. The second-order valence-electron chi connectivity index (χ2n) is 4.95. The molecule has 0 heterocycles. The van der Waals surface area contributed by atoms with E-state index in [1.165, 1.54) is 6.08 Å². The number of halogens is 1. The van der Waals surface area contributed by atoms with Crippen molar-refractivity contribution in [2.45, 2.75) is 27.2 Å². The zero-order valence-corrected chi connectivity index (χ0v) is 14.0. The van der Waals surface area contributed by atoms with E-state index in [-0.39, 0.29) is 11.8 Å². The van der Waals surface area contributed by atoms with Crippen molar-refractivity contribution < 1.29 is 4.39 Å². The molecule has 0 aliphatic heterocycles. The minimum Gasteiger partial charge on any atom is -0.382 e. The topological polar surface area (TPSA) is 62.8 Å². The molecule has 0 saturated carbocycles. The van der Waals surface area contributed by atoms with Crippen molar-refractivity contribution in [3.63, 3.8) is 0 Å². The van der Waals surface area contributed by atoms with Crippen LogP contribution in [-0.4, -0.2) is 25.3 Å². The van der Waals surface area contributed by atoms with E-state index in [1.807, 2.05) is 13.8 Å². The van der Waals surface area contributed by atoms with Crippen molar-refractivity contribution in [3.8, 4) is 0 Å². The van der Waals surface area contributed by atoms with E-state index in [9.17, 15) is 4.39 Å². The van der Waals surface area contributed by atoms with Gasteiger partial charge in [0.1, 0.15) is 5.84 Å².